The Morgan fingerprint density at radius 1 is 1.16 bits per heavy atom. The molecule has 19 heavy (non-hydrogen) atoms. The second-order valence-corrected chi connectivity index (χ2v) is 4.73. The molecular weight excluding hydrogens is 260 g/mol. The summed E-state index contributed by atoms with van der Waals surface area (Å²) in [5.41, 5.74) is 1.14. The molecule has 0 aliphatic rings. The number of anilines is 1. The van der Waals surface area contributed by atoms with Gasteiger partial charge in [0.25, 0.3) is 0 Å². The maximum Gasteiger partial charge on any atom is 0.182 e. The highest BCUT2D eigenvalue weighted by Crippen LogP contribution is 2.28. The van der Waals surface area contributed by atoms with Gasteiger partial charge in [0.2, 0.25) is 0 Å². The average molecular weight is 278 g/mol. The molecule has 0 aliphatic carbocycles. The molecule has 4 nitrogen and oxygen atoms in total. The van der Waals surface area contributed by atoms with Crippen LogP contribution in [0.3, 0.4) is 0 Å². The molecule has 1 aromatic carbocycles. The number of benzene rings is 1. The van der Waals surface area contributed by atoms with Crippen LogP contribution in [0.2, 0.25) is 0 Å². The molecule has 1 N–H and O–H groups in total. The molecule has 0 aliphatic heterocycles. The second-order valence-electron chi connectivity index (χ2n) is 3.84. The van der Waals surface area contributed by atoms with Gasteiger partial charge in [-0.3, -0.25) is 0 Å². The Morgan fingerprint density at radius 2 is 1.95 bits per heavy atom. The van der Waals surface area contributed by atoms with Gasteiger partial charge < -0.3 is 14.8 Å². The van der Waals surface area contributed by atoms with E-state index in [0.29, 0.717) is 13.2 Å². The first kappa shape index (κ1) is 13.7. The van der Waals surface area contributed by atoms with Gasteiger partial charge in [-0.15, -0.1) is 11.3 Å². The third-order valence-corrected chi connectivity index (χ3v) is 3.21. The van der Waals surface area contributed by atoms with Crippen molar-refractivity contribution in [2.45, 2.75) is 20.4 Å². The van der Waals surface area contributed by atoms with Crippen LogP contribution in [0, 0.1) is 0 Å². The molecule has 2 aromatic rings. The molecule has 0 atom stereocenters. The summed E-state index contributed by atoms with van der Waals surface area (Å²) >= 11 is 1.59. The fraction of sp³-hybridized carbons (Fsp3) is 0.357. The van der Waals surface area contributed by atoms with E-state index in [1.807, 2.05) is 37.4 Å². The summed E-state index contributed by atoms with van der Waals surface area (Å²) < 4.78 is 11.1. The summed E-state index contributed by atoms with van der Waals surface area (Å²) in [6.45, 7) is 5.92. The van der Waals surface area contributed by atoms with Gasteiger partial charge in [0.05, 0.1) is 13.2 Å². The highest BCUT2D eigenvalue weighted by Gasteiger charge is 2.06. The maximum atomic E-state index is 5.60. The van der Waals surface area contributed by atoms with Crippen LogP contribution in [0.1, 0.15) is 19.4 Å². The van der Waals surface area contributed by atoms with Crippen molar-refractivity contribution in [2.75, 3.05) is 18.5 Å². The molecular formula is C14H18N2O2S. The van der Waals surface area contributed by atoms with E-state index in [-0.39, 0.29) is 0 Å². The van der Waals surface area contributed by atoms with Gasteiger partial charge in [-0.25, -0.2) is 4.98 Å². The number of hydrogen-bond acceptors (Lipinski definition) is 5. The molecule has 0 bridgehead atoms. The largest absolute Gasteiger partial charge is 0.490 e. The lowest BCUT2D eigenvalue weighted by Crippen LogP contribution is -2.02. The molecule has 0 amide bonds. The minimum atomic E-state index is 0.628. The first-order valence-electron chi connectivity index (χ1n) is 6.35. The number of nitrogens with one attached hydrogen (secondary N) is 1. The highest BCUT2D eigenvalue weighted by molar-refractivity contribution is 7.13. The van der Waals surface area contributed by atoms with Crippen molar-refractivity contribution in [1.82, 2.24) is 4.98 Å². The summed E-state index contributed by atoms with van der Waals surface area (Å²) in [6, 6.07) is 6.00. The number of ether oxygens (including phenoxy) is 2. The van der Waals surface area contributed by atoms with E-state index < -0.39 is 0 Å². The second kappa shape index (κ2) is 6.99. The molecule has 0 radical (unpaired) electrons. The van der Waals surface area contributed by atoms with Crippen molar-refractivity contribution in [1.29, 1.82) is 0 Å². The molecule has 0 saturated carbocycles. The van der Waals surface area contributed by atoms with Gasteiger partial charge in [0.15, 0.2) is 16.6 Å². The zero-order valence-electron chi connectivity index (χ0n) is 11.2. The normalized spacial score (nSPS) is 10.2. The summed E-state index contributed by atoms with van der Waals surface area (Å²) in [6.07, 6.45) is 1.79. The summed E-state index contributed by atoms with van der Waals surface area (Å²) in [5, 5.41) is 6.15. The maximum absolute atomic E-state index is 5.60. The summed E-state index contributed by atoms with van der Waals surface area (Å²) in [4.78, 5) is 4.19. The van der Waals surface area contributed by atoms with Crippen LogP contribution in [0.15, 0.2) is 29.8 Å². The fourth-order valence-corrected chi connectivity index (χ4v) is 2.22. The lowest BCUT2D eigenvalue weighted by Gasteiger charge is -2.12. The zero-order chi connectivity index (χ0) is 13.5. The molecule has 0 spiro atoms. The number of hydrogen-bond donors (Lipinski definition) is 1. The van der Waals surface area contributed by atoms with Crippen molar-refractivity contribution in [2.24, 2.45) is 0 Å². The lowest BCUT2D eigenvalue weighted by atomic mass is 10.2. The van der Waals surface area contributed by atoms with Crippen LogP contribution in [0.5, 0.6) is 11.5 Å². The van der Waals surface area contributed by atoms with E-state index in [2.05, 4.69) is 10.3 Å². The smallest absolute Gasteiger partial charge is 0.182 e. The van der Waals surface area contributed by atoms with E-state index in [1.54, 1.807) is 17.5 Å². The Kier molecular flexibility index (Phi) is 5.03. The van der Waals surface area contributed by atoms with Gasteiger partial charge in [-0.05, 0) is 31.5 Å². The summed E-state index contributed by atoms with van der Waals surface area (Å²) in [5.74, 6) is 1.59. The predicted molar refractivity (Wildman–Crippen MR) is 78.2 cm³/mol. The standard InChI is InChI=1S/C14H18N2O2S/c1-3-17-12-6-5-11(9-13(12)18-4-2)10-16-14-15-7-8-19-14/h5-9H,3-4,10H2,1-2H3,(H,15,16). The Hall–Kier alpha value is -1.75. The van der Waals surface area contributed by atoms with Gasteiger partial charge in [0, 0.05) is 18.1 Å². The quantitative estimate of drug-likeness (QED) is 0.841. The Balaban J connectivity index is 2.06. The highest BCUT2D eigenvalue weighted by atomic mass is 32.1. The third-order valence-electron chi connectivity index (χ3n) is 2.48. The fourth-order valence-electron chi connectivity index (χ4n) is 1.69. The molecule has 1 heterocycles. The molecule has 0 unspecified atom stereocenters. The van der Waals surface area contributed by atoms with Crippen molar-refractivity contribution >= 4 is 16.5 Å². The third kappa shape index (κ3) is 3.86. The lowest BCUT2D eigenvalue weighted by molar-refractivity contribution is 0.287. The number of thiazole rings is 1. The predicted octanol–water partition coefficient (Wildman–Crippen LogP) is 3.55. The van der Waals surface area contributed by atoms with Crippen molar-refractivity contribution < 1.29 is 9.47 Å². The minimum Gasteiger partial charge on any atom is -0.490 e. The van der Waals surface area contributed by atoms with Crippen LogP contribution in [-0.4, -0.2) is 18.2 Å². The van der Waals surface area contributed by atoms with Crippen LogP contribution in [0.4, 0.5) is 5.13 Å². The molecule has 2 rings (SSSR count). The number of rotatable bonds is 7. The monoisotopic (exact) mass is 278 g/mol. The SMILES string of the molecule is CCOc1ccc(CNc2nccs2)cc1OCC. The van der Waals surface area contributed by atoms with Crippen molar-refractivity contribution in [3.05, 3.63) is 35.3 Å². The Morgan fingerprint density at radius 3 is 2.63 bits per heavy atom. The van der Waals surface area contributed by atoms with E-state index >= 15 is 0 Å². The first-order chi connectivity index (χ1) is 9.33. The van der Waals surface area contributed by atoms with Gasteiger partial charge in [-0.1, -0.05) is 6.07 Å². The topological polar surface area (TPSA) is 43.4 Å². The van der Waals surface area contributed by atoms with Gasteiger partial charge in [0.1, 0.15) is 0 Å². The van der Waals surface area contributed by atoms with Crippen LogP contribution in [0.25, 0.3) is 0 Å². The van der Waals surface area contributed by atoms with E-state index in [9.17, 15) is 0 Å². The Bertz CT molecular complexity index is 500. The molecule has 5 heteroatoms. The minimum absolute atomic E-state index is 0.628. The van der Waals surface area contributed by atoms with Gasteiger partial charge in [-0.2, -0.15) is 0 Å². The zero-order valence-corrected chi connectivity index (χ0v) is 12.0. The number of aromatic nitrogens is 1. The molecule has 1 aromatic heterocycles. The van der Waals surface area contributed by atoms with E-state index in [0.717, 1.165) is 28.7 Å². The number of nitrogens with zero attached hydrogens (tertiary/aromatic N) is 1. The van der Waals surface area contributed by atoms with E-state index in [4.69, 9.17) is 9.47 Å². The van der Waals surface area contributed by atoms with Crippen molar-refractivity contribution in [3.63, 3.8) is 0 Å². The molecule has 102 valence electrons. The average Bonchev–Trinajstić information content (AvgIpc) is 2.93. The molecule has 0 fully saturated rings. The summed E-state index contributed by atoms with van der Waals surface area (Å²) in [7, 11) is 0. The first-order valence-corrected chi connectivity index (χ1v) is 7.23. The van der Waals surface area contributed by atoms with Crippen molar-refractivity contribution in [3.8, 4) is 11.5 Å². The van der Waals surface area contributed by atoms with Gasteiger partial charge >= 0.3 is 0 Å². The van der Waals surface area contributed by atoms with E-state index in [1.165, 1.54) is 0 Å². The van der Waals surface area contributed by atoms with Crippen LogP contribution >= 0.6 is 11.3 Å². The Labute approximate surface area is 117 Å². The van der Waals surface area contributed by atoms with Crippen LogP contribution < -0.4 is 14.8 Å². The van der Waals surface area contributed by atoms with Crippen LogP contribution in [-0.2, 0) is 6.54 Å². The molecule has 0 saturated heterocycles.